The molecule has 1 atom stereocenters. The standard InChI is InChI=1S/C16H28N6O3/c1-5-6-7-8-13(10-22(25)11-23)16(24)20-19-14-9-15(21(3)4)18-12(2)17-14/h9,11,13,25H,5-8,10H2,1-4H3,(H,20,24)(H,17,18,19)/t13-/m0/s1. The molecule has 0 spiro atoms. The topological polar surface area (TPSA) is 111 Å². The van der Waals surface area contributed by atoms with E-state index in [0.717, 1.165) is 19.3 Å². The summed E-state index contributed by atoms with van der Waals surface area (Å²) in [5.41, 5.74) is 5.37. The first-order valence-electron chi connectivity index (χ1n) is 8.37. The smallest absolute Gasteiger partial charge is 0.243 e. The summed E-state index contributed by atoms with van der Waals surface area (Å²) in [6.45, 7) is 3.79. The lowest BCUT2D eigenvalue weighted by atomic mass is 10.0. The maximum absolute atomic E-state index is 12.4. The highest BCUT2D eigenvalue weighted by molar-refractivity contribution is 5.80. The second-order valence-electron chi connectivity index (χ2n) is 6.09. The van der Waals surface area contributed by atoms with Gasteiger partial charge in [0.2, 0.25) is 12.3 Å². The zero-order chi connectivity index (χ0) is 18.8. The molecular weight excluding hydrogens is 324 g/mol. The fourth-order valence-corrected chi connectivity index (χ4v) is 2.29. The summed E-state index contributed by atoms with van der Waals surface area (Å²) in [7, 11) is 3.73. The molecule has 0 saturated heterocycles. The molecule has 1 rings (SSSR count). The number of hydrogen-bond acceptors (Lipinski definition) is 7. The van der Waals surface area contributed by atoms with Crippen molar-refractivity contribution in [2.45, 2.75) is 39.5 Å². The first-order valence-corrected chi connectivity index (χ1v) is 8.37. The fourth-order valence-electron chi connectivity index (χ4n) is 2.29. The van der Waals surface area contributed by atoms with Crippen LogP contribution in [-0.2, 0) is 9.59 Å². The number of hydroxylamine groups is 2. The number of aromatic nitrogens is 2. The van der Waals surface area contributed by atoms with E-state index >= 15 is 0 Å². The zero-order valence-electron chi connectivity index (χ0n) is 15.3. The van der Waals surface area contributed by atoms with E-state index in [1.54, 1.807) is 13.0 Å². The van der Waals surface area contributed by atoms with Crippen molar-refractivity contribution in [1.29, 1.82) is 0 Å². The molecule has 0 aliphatic carbocycles. The van der Waals surface area contributed by atoms with Gasteiger partial charge in [-0.25, -0.2) is 15.0 Å². The Bertz CT molecular complexity index is 567. The number of anilines is 2. The Morgan fingerprint density at radius 1 is 1.36 bits per heavy atom. The summed E-state index contributed by atoms with van der Waals surface area (Å²) in [6, 6.07) is 1.71. The molecule has 0 aliphatic rings. The molecule has 1 aromatic rings. The second-order valence-corrected chi connectivity index (χ2v) is 6.09. The minimum absolute atomic E-state index is 0.0491. The van der Waals surface area contributed by atoms with Crippen LogP contribution in [0.4, 0.5) is 11.6 Å². The maximum atomic E-state index is 12.4. The lowest BCUT2D eigenvalue weighted by Gasteiger charge is -2.20. The molecule has 0 aliphatic heterocycles. The molecule has 1 heterocycles. The number of hydrazine groups is 1. The fraction of sp³-hybridized carbons (Fsp3) is 0.625. The number of carbonyl (C=O) groups excluding carboxylic acids is 2. The SMILES string of the molecule is CCCCC[C@@H](CN(O)C=O)C(=O)NNc1cc(N(C)C)nc(C)n1. The molecule has 0 fully saturated rings. The average molecular weight is 352 g/mol. The van der Waals surface area contributed by atoms with Crippen LogP contribution >= 0.6 is 0 Å². The molecule has 1 aromatic heterocycles. The van der Waals surface area contributed by atoms with Crippen molar-refractivity contribution in [3.63, 3.8) is 0 Å². The monoisotopic (exact) mass is 352 g/mol. The Morgan fingerprint density at radius 2 is 2.08 bits per heavy atom. The third kappa shape index (κ3) is 7.34. The van der Waals surface area contributed by atoms with Crippen LogP contribution in [0.25, 0.3) is 0 Å². The number of nitrogens with one attached hydrogen (secondary N) is 2. The third-order valence-corrected chi connectivity index (χ3v) is 3.65. The van der Waals surface area contributed by atoms with E-state index in [9.17, 15) is 14.8 Å². The molecule has 3 N–H and O–H groups in total. The zero-order valence-corrected chi connectivity index (χ0v) is 15.3. The first-order chi connectivity index (χ1) is 11.9. The predicted octanol–water partition coefficient (Wildman–Crippen LogP) is 1.34. The first kappa shape index (κ1) is 20.6. The van der Waals surface area contributed by atoms with Gasteiger partial charge in [-0.05, 0) is 13.3 Å². The molecule has 0 unspecified atom stereocenters. The Morgan fingerprint density at radius 3 is 2.68 bits per heavy atom. The minimum Gasteiger partial charge on any atom is -0.363 e. The molecule has 0 aromatic carbocycles. The number of unbranched alkanes of at least 4 members (excludes halogenated alkanes) is 2. The molecule has 0 saturated carbocycles. The Balaban J connectivity index is 2.70. The number of carbonyl (C=O) groups is 2. The molecule has 25 heavy (non-hydrogen) atoms. The maximum Gasteiger partial charge on any atom is 0.243 e. The van der Waals surface area contributed by atoms with Crippen LogP contribution in [0.1, 0.15) is 38.4 Å². The summed E-state index contributed by atoms with van der Waals surface area (Å²) in [6.07, 6.45) is 3.74. The predicted molar refractivity (Wildman–Crippen MR) is 95.0 cm³/mol. The lowest BCUT2D eigenvalue weighted by Crippen LogP contribution is -2.40. The van der Waals surface area contributed by atoms with Crippen molar-refractivity contribution >= 4 is 24.0 Å². The van der Waals surface area contributed by atoms with Crippen LogP contribution in [-0.4, -0.2) is 53.2 Å². The van der Waals surface area contributed by atoms with Crippen molar-refractivity contribution in [3.8, 4) is 0 Å². The number of hydrogen-bond donors (Lipinski definition) is 3. The molecule has 9 nitrogen and oxygen atoms in total. The van der Waals surface area contributed by atoms with E-state index in [2.05, 4.69) is 27.7 Å². The van der Waals surface area contributed by atoms with E-state index < -0.39 is 5.92 Å². The largest absolute Gasteiger partial charge is 0.363 e. The molecule has 140 valence electrons. The van der Waals surface area contributed by atoms with Gasteiger partial charge in [-0.2, -0.15) is 0 Å². The second kappa shape index (κ2) is 10.4. The van der Waals surface area contributed by atoms with Gasteiger partial charge >= 0.3 is 0 Å². The summed E-state index contributed by atoms with van der Waals surface area (Å²) in [5.74, 6) is 0.939. The van der Waals surface area contributed by atoms with Gasteiger partial charge < -0.3 is 4.90 Å². The third-order valence-electron chi connectivity index (χ3n) is 3.65. The van der Waals surface area contributed by atoms with Crippen molar-refractivity contribution in [1.82, 2.24) is 20.5 Å². The van der Waals surface area contributed by atoms with Crippen LogP contribution < -0.4 is 15.8 Å². The van der Waals surface area contributed by atoms with Gasteiger partial charge in [-0.15, -0.1) is 0 Å². The van der Waals surface area contributed by atoms with Gasteiger partial charge in [0, 0.05) is 20.2 Å². The number of rotatable bonds is 11. The van der Waals surface area contributed by atoms with Crippen molar-refractivity contribution in [2.75, 3.05) is 31.0 Å². The van der Waals surface area contributed by atoms with E-state index in [0.29, 0.717) is 35.4 Å². The van der Waals surface area contributed by atoms with Crippen LogP contribution in [0.15, 0.2) is 6.07 Å². The summed E-state index contributed by atoms with van der Waals surface area (Å²) in [4.78, 5) is 33.3. The van der Waals surface area contributed by atoms with E-state index in [4.69, 9.17) is 0 Å². The van der Waals surface area contributed by atoms with Gasteiger partial charge in [0.1, 0.15) is 17.5 Å². The van der Waals surface area contributed by atoms with Crippen LogP contribution in [0, 0.1) is 12.8 Å². The summed E-state index contributed by atoms with van der Waals surface area (Å²) < 4.78 is 0. The molecule has 9 heteroatoms. The van der Waals surface area contributed by atoms with Crippen LogP contribution in [0.3, 0.4) is 0 Å². The molecule has 0 bridgehead atoms. The van der Waals surface area contributed by atoms with Gasteiger partial charge in [0.15, 0.2) is 0 Å². The normalized spacial score (nSPS) is 11.6. The van der Waals surface area contributed by atoms with Crippen molar-refractivity contribution in [2.24, 2.45) is 5.92 Å². The van der Waals surface area contributed by atoms with Gasteiger partial charge in [0.05, 0.1) is 12.5 Å². The average Bonchev–Trinajstić information content (AvgIpc) is 2.58. The van der Waals surface area contributed by atoms with E-state index in [1.165, 1.54) is 0 Å². The highest BCUT2D eigenvalue weighted by atomic mass is 16.5. The highest BCUT2D eigenvalue weighted by Gasteiger charge is 2.20. The number of aryl methyl sites for hydroxylation is 1. The summed E-state index contributed by atoms with van der Waals surface area (Å²) in [5, 5.41) is 9.89. The quantitative estimate of drug-likeness (QED) is 0.238. The van der Waals surface area contributed by atoms with E-state index in [-0.39, 0.29) is 12.5 Å². The summed E-state index contributed by atoms with van der Waals surface area (Å²) >= 11 is 0. The lowest BCUT2D eigenvalue weighted by molar-refractivity contribution is -0.154. The Kier molecular flexibility index (Phi) is 8.62. The van der Waals surface area contributed by atoms with Gasteiger partial charge in [0.25, 0.3) is 0 Å². The van der Waals surface area contributed by atoms with Gasteiger partial charge in [-0.1, -0.05) is 26.2 Å². The minimum atomic E-state index is -0.509. The van der Waals surface area contributed by atoms with Gasteiger partial charge in [-0.3, -0.25) is 25.6 Å². The molecule has 2 amide bonds. The highest BCUT2D eigenvalue weighted by Crippen LogP contribution is 2.14. The Labute approximate surface area is 148 Å². The van der Waals surface area contributed by atoms with Crippen LogP contribution in [0.5, 0.6) is 0 Å². The number of nitrogens with zero attached hydrogens (tertiary/aromatic N) is 4. The van der Waals surface area contributed by atoms with E-state index in [1.807, 2.05) is 19.0 Å². The molecule has 0 radical (unpaired) electrons. The Hall–Kier alpha value is -2.42. The van der Waals surface area contributed by atoms with Crippen LogP contribution in [0.2, 0.25) is 0 Å². The number of amides is 2. The molecular formula is C16H28N6O3. The van der Waals surface area contributed by atoms with Crippen molar-refractivity contribution < 1.29 is 14.8 Å². The van der Waals surface area contributed by atoms with Crippen molar-refractivity contribution in [3.05, 3.63) is 11.9 Å².